The van der Waals surface area contributed by atoms with Gasteiger partial charge in [-0.3, -0.25) is 4.79 Å². The number of H-pyrrole nitrogens is 1. The van der Waals surface area contributed by atoms with Crippen molar-refractivity contribution >= 4 is 27.8 Å². The van der Waals surface area contributed by atoms with Crippen molar-refractivity contribution in [3.63, 3.8) is 0 Å². The van der Waals surface area contributed by atoms with E-state index in [-0.39, 0.29) is 12.8 Å². The molecule has 3 aromatic carbocycles. The molecular formula is C22H17NO4. The van der Waals surface area contributed by atoms with Gasteiger partial charge in [0.05, 0.1) is 7.11 Å². The number of methoxy groups -OCH3 is 1. The van der Waals surface area contributed by atoms with E-state index in [2.05, 4.69) is 17.1 Å². The van der Waals surface area contributed by atoms with Crippen LogP contribution in [0.2, 0.25) is 0 Å². The first-order chi connectivity index (χ1) is 13.2. The second-order valence-electron chi connectivity index (χ2n) is 6.54. The van der Waals surface area contributed by atoms with E-state index in [1.165, 1.54) is 7.11 Å². The van der Waals surface area contributed by atoms with E-state index in [1.807, 2.05) is 48.5 Å². The first kappa shape index (κ1) is 15.8. The molecule has 0 saturated carbocycles. The van der Waals surface area contributed by atoms with Crippen molar-refractivity contribution in [3.05, 3.63) is 71.8 Å². The van der Waals surface area contributed by atoms with Crippen LogP contribution in [0.4, 0.5) is 0 Å². The summed E-state index contributed by atoms with van der Waals surface area (Å²) in [5.74, 6) is 0.486. The maximum Gasteiger partial charge on any atom is 0.317 e. The van der Waals surface area contributed by atoms with Crippen molar-refractivity contribution in [3.8, 4) is 11.5 Å². The minimum Gasteiger partial charge on any atom is -0.468 e. The largest absolute Gasteiger partial charge is 0.468 e. The Kier molecular flexibility index (Phi) is 3.53. The van der Waals surface area contributed by atoms with Gasteiger partial charge in [0.1, 0.15) is 5.92 Å². The number of aromatic nitrogens is 1. The van der Waals surface area contributed by atoms with Gasteiger partial charge in [-0.15, -0.1) is 0 Å². The van der Waals surface area contributed by atoms with Crippen molar-refractivity contribution in [2.75, 3.05) is 13.9 Å². The molecule has 2 heterocycles. The molecular weight excluding hydrogens is 342 g/mol. The molecule has 1 aliphatic rings. The van der Waals surface area contributed by atoms with Crippen molar-refractivity contribution in [2.45, 2.75) is 5.92 Å². The van der Waals surface area contributed by atoms with Gasteiger partial charge in [0, 0.05) is 21.8 Å². The molecule has 5 rings (SSSR count). The lowest BCUT2D eigenvalue weighted by Crippen LogP contribution is -2.15. The number of hydrogen-bond donors (Lipinski definition) is 1. The smallest absolute Gasteiger partial charge is 0.317 e. The Morgan fingerprint density at radius 3 is 2.56 bits per heavy atom. The molecule has 0 spiro atoms. The quantitative estimate of drug-likeness (QED) is 0.552. The Morgan fingerprint density at radius 1 is 0.926 bits per heavy atom. The number of hydrogen-bond acceptors (Lipinski definition) is 4. The maximum absolute atomic E-state index is 12.6. The van der Waals surface area contributed by atoms with Crippen molar-refractivity contribution in [1.82, 2.24) is 4.98 Å². The number of para-hydroxylation sites is 1. The van der Waals surface area contributed by atoms with Crippen LogP contribution in [0.5, 0.6) is 11.5 Å². The van der Waals surface area contributed by atoms with Crippen LogP contribution in [0.3, 0.4) is 0 Å². The Labute approximate surface area is 155 Å². The average Bonchev–Trinajstić information content (AvgIpc) is 3.31. The number of carbonyl (C=O) groups excluding carboxylic acids is 1. The molecule has 4 aromatic rings. The number of benzene rings is 3. The van der Waals surface area contributed by atoms with Gasteiger partial charge >= 0.3 is 5.97 Å². The molecule has 1 aliphatic heterocycles. The fourth-order valence-corrected chi connectivity index (χ4v) is 3.72. The molecule has 27 heavy (non-hydrogen) atoms. The minimum atomic E-state index is -0.539. The molecule has 0 radical (unpaired) electrons. The molecule has 134 valence electrons. The lowest BCUT2D eigenvalue weighted by atomic mass is 9.90. The highest BCUT2D eigenvalue weighted by molar-refractivity contribution is 6.07. The van der Waals surface area contributed by atoms with E-state index in [4.69, 9.17) is 14.2 Å². The average molecular weight is 359 g/mol. The highest BCUT2D eigenvalue weighted by Crippen LogP contribution is 2.38. The molecule has 0 saturated heterocycles. The van der Waals surface area contributed by atoms with Gasteiger partial charge in [0.2, 0.25) is 6.79 Å². The second-order valence-corrected chi connectivity index (χ2v) is 6.54. The lowest BCUT2D eigenvalue weighted by molar-refractivity contribution is -0.141. The molecule has 1 unspecified atom stereocenters. The zero-order valence-corrected chi connectivity index (χ0v) is 14.7. The molecule has 1 N–H and O–H groups in total. The van der Waals surface area contributed by atoms with E-state index in [9.17, 15) is 4.79 Å². The molecule has 5 heteroatoms. The zero-order valence-electron chi connectivity index (χ0n) is 14.7. The van der Waals surface area contributed by atoms with Gasteiger partial charge in [0.25, 0.3) is 0 Å². The Morgan fingerprint density at radius 2 is 1.67 bits per heavy atom. The number of rotatable bonds is 3. The zero-order chi connectivity index (χ0) is 18.4. The summed E-state index contributed by atoms with van der Waals surface area (Å²) in [6, 6.07) is 19.7. The summed E-state index contributed by atoms with van der Waals surface area (Å²) in [6.07, 6.45) is 0. The Bertz CT molecular complexity index is 1180. The van der Waals surface area contributed by atoms with Crippen LogP contribution in [-0.2, 0) is 9.53 Å². The molecule has 5 nitrogen and oxygen atoms in total. The van der Waals surface area contributed by atoms with Crippen LogP contribution in [0, 0.1) is 0 Å². The molecule has 0 amide bonds. The van der Waals surface area contributed by atoms with Crippen LogP contribution in [0.1, 0.15) is 17.0 Å². The highest BCUT2D eigenvalue weighted by atomic mass is 16.7. The molecule has 1 aromatic heterocycles. The number of fused-ring (bicyclic) bond motifs is 4. The third kappa shape index (κ3) is 2.51. The predicted molar refractivity (Wildman–Crippen MR) is 102 cm³/mol. The van der Waals surface area contributed by atoms with Gasteiger partial charge in [-0.1, -0.05) is 30.3 Å². The predicted octanol–water partition coefficient (Wildman–Crippen LogP) is 4.35. The first-order valence-corrected chi connectivity index (χ1v) is 8.72. The van der Waals surface area contributed by atoms with Crippen LogP contribution in [-0.4, -0.2) is 24.9 Å². The topological polar surface area (TPSA) is 60.6 Å². The number of nitrogens with one attached hydrogen (secondary N) is 1. The van der Waals surface area contributed by atoms with Crippen molar-refractivity contribution in [1.29, 1.82) is 0 Å². The van der Waals surface area contributed by atoms with Crippen molar-refractivity contribution < 1.29 is 19.0 Å². The van der Waals surface area contributed by atoms with Crippen molar-refractivity contribution in [2.24, 2.45) is 0 Å². The number of ether oxygens (including phenoxy) is 3. The fourth-order valence-electron chi connectivity index (χ4n) is 3.72. The van der Waals surface area contributed by atoms with Gasteiger partial charge in [0.15, 0.2) is 11.5 Å². The van der Waals surface area contributed by atoms with Gasteiger partial charge in [-0.05, 0) is 41.5 Å². The number of carbonyl (C=O) groups is 1. The third-order valence-corrected chi connectivity index (χ3v) is 5.03. The standard InChI is InChI=1S/C22H17NO4/c1-25-22(24)21(14-7-9-19-20(11-14)27-12-26-19)13-6-8-18-16(10-13)15-4-2-3-5-17(15)23-18/h2-11,21,23H,12H2,1H3. The normalized spacial score (nSPS) is 13.8. The van der Waals surface area contributed by atoms with Crippen LogP contribution in [0.15, 0.2) is 60.7 Å². The molecule has 0 fully saturated rings. The van der Waals surface area contributed by atoms with E-state index >= 15 is 0 Å². The van der Waals surface area contributed by atoms with Gasteiger partial charge in [-0.2, -0.15) is 0 Å². The number of aromatic amines is 1. The van der Waals surface area contributed by atoms with Crippen LogP contribution < -0.4 is 9.47 Å². The molecule has 0 bridgehead atoms. The van der Waals surface area contributed by atoms with Crippen LogP contribution in [0.25, 0.3) is 21.8 Å². The Hall–Kier alpha value is -3.47. The van der Waals surface area contributed by atoms with Crippen LogP contribution >= 0.6 is 0 Å². The monoisotopic (exact) mass is 359 g/mol. The van der Waals surface area contributed by atoms with Gasteiger partial charge < -0.3 is 19.2 Å². The van der Waals surface area contributed by atoms with Gasteiger partial charge in [-0.25, -0.2) is 0 Å². The lowest BCUT2D eigenvalue weighted by Gasteiger charge is -2.16. The minimum absolute atomic E-state index is 0.197. The first-order valence-electron chi connectivity index (χ1n) is 8.72. The Balaban J connectivity index is 1.68. The van der Waals surface area contributed by atoms with E-state index in [1.54, 1.807) is 0 Å². The molecule has 1 atom stereocenters. The summed E-state index contributed by atoms with van der Waals surface area (Å²) in [5, 5.41) is 2.21. The summed E-state index contributed by atoms with van der Waals surface area (Å²) in [4.78, 5) is 16.1. The third-order valence-electron chi connectivity index (χ3n) is 5.03. The summed E-state index contributed by atoms with van der Waals surface area (Å²) in [7, 11) is 1.41. The fraction of sp³-hybridized carbons (Fsp3) is 0.136. The summed E-state index contributed by atoms with van der Waals surface area (Å²) in [5.41, 5.74) is 3.79. The highest BCUT2D eigenvalue weighted by Gasteiger charge is 2.26. The van der Waals surface area contributed by atoms with E-state index in [0.29, 0.717) is 11.5 Å². The number of esters is 1. The van der Waals surface area contributed by atoms with E-state index < -0.39 is 5.92 Å². The molecule has 0 aliphatic carbocycles. The SMILES string of the molecule is COC(=O)C(c1ccc2c(c1)OCO2)c1ccc2[nH]c3ccccc3c2c1. The summed E-state index contributed by atoms with van der Waals surface area (Å²) >= 11 is 0. The maximum atomic E-state index is 12.6. The summed E-state index contributed by atoms with van der Waals surface area (Å²) < 4.78 is 16.0. The van der Waals surface area contributed by atoms with E-state index in [0.717, 1.165) is 32.9 Å². The summed E-state index contributed by atoms with van der Waals surface area (Å²) in [6.45, 7) is 0.197. The second kappa shape index (κ2) is 6.06.